The summed E-state index contributed by atoms with van der Waals surface area (Å²) in [6.07, 6.45) is 5.61. The summed E-state index contributed by atoms with van der Waals surface area (Å²) in [6.45, 7) is 7.04. The number of fused-ring (bicyclic) bond motifs is 3. The molecule has 2 aliphatic rings. The van der Waals surface area contributed by atoms with E-state index in [1.807, 2.05) is 42.4 Å². The molecule has 10 heteroatoms. The number of halogens is 1. The van der Waals surface area contributed by atoms with Crippen LogP contribution >= 0.6 is 11.6 Å². The lowest BCUT2D eigenvalue weighted by molar-refractivity contribution is -0.117. The van der Waals surface area contributed by atoms with Gasteiger partial charge in [-0.3, -0.25) is 4.79 Å². The van der Waals surface area contributed by atoms with E-state index in [0.717, 1.165) is 33.9 Å². The van der Waals surface area contributed by atoms with Gasteiger partial charge in [0.15, 0.2) is 0 Å². The fraction of sp³-hybridized carbons (Fsp3) is 0.308. The van der Waals surface area contributed by atoms with Crippen molar-refractivity contribution in [1.29, 1.82) is 0 Å². The number of nitrogens with zero attached hydrogens (tertiary/aromatic N) is 4. The van der Waals surface area contributed by atoms with Crippen LogP contribution in [-0.2, 0) is 16.1 Å². The van der Waals surface area contributed by atoms with Crippen molar-refractivity contribution in [3.05, 3.63) is 65.5 Å². The first kappa shape index (κ1) is 24.0. The smallest absolute Gasteiger partial charge is 0.243 e. The number of aromatic nitrogens is 3. The summed E-state index contributed by atoms with van der Waals surface area (Å²) in [5.74, 6) is 1.59. The standard InChI is InChI=1S/C26H27ClN6O3/c1-4-22(34)30-18-8-9-36-14-19(18)31-26-29-12-16-13-33(20-6-5-7-21(35-3)23(20)27)25-17(24(16)32-26)10-15(2)11-28-25/h4-7,10-12,18-19H,1,8-9,13-14H2,2-3H3,(H,30,34)(H,29,31,32). The minimum absolute atomic E-state index is 0.120. The van der Waals surface area contributed by atoms with Crippen LogP contribution in [0.15, 0.2) is 49.3 Å². The third kappa shape index (κ3) is 4.59. The van der Waals surface area contributed by atoms with Crippen molar-refractivity contribution >= 4 is 35.0 Å². The number of pyridine rings is 1. The highest BCUT2D eigenvalue weighted by Crippen LogP contribution is 2.45. The molecule has 4 heterocycles. The molecule has 36 heavy (non-hydrogen) atoms. The van der Waals surface area contributed by atoms with Gasteiger partial charge in [0.05, 0.1) is 43.7 Å². The molecule has 1 fully saturated rings. The van der Waals surface area contributed by atoms with Gasteiger partial charge < -0.3 is 25.0 Å². The normalized spacial score (nSPS) is 18.6. The van der Waals surface area contributed by atoms with Gasteiger partial charge in [-0.15, -0.1) is 0 Å². The number of anilines is 3. The zero-order valence-corrected chi connectivity index (χ0v) is 20.9. The molecule has 0 radical (unpaired) electrons. The summed E-state index contributed by atoms with van der Waals surface area (Å²) >= 11 is 6.68. The Labute approximate surface area is 214 Å². The van der Waals surface area contributed by atoms with Gasteiger partial charge in [0.25, 0.3) is 0 Å². The van der Waals surface area contributed by atoms with Crippen LogP contribution in [0.4, 0.5) is 17.5 Å². The number of hydrogen-bond donors (Lipinski definition) is 2. The van der Waals surface area contributed by atoms with Crippen molar-refractivity contribution in [3.8, 4) is 17.0 Å². The number of methoxy groups -OCH3 is 1. The van der Waals surface area contributed by atoms with Crippen LogP contribution in [0.25, 0.3) is 11.3 Å². The molecule has 0 spiro atoms. The number of ether oxygens (including phenoxy) is 2. The molecule has 2 aromatic heterocycles. The zero-order chi connectivity index (χ0) is 25.2. The summed E-state index contributed by atoms with van der Waals surface area (Å²) in [7, 11) is 1.60. The van der Waals surface area contributed by atoms with Gasteiger partial charge in [-0.05, 0) is 43.2 Å². The molecule has 1 aromatic carbocycles. The Balaban J connectivity index is 1.49. The number of benzene rings is 1. The summed E-state index contributed by atoms with van der Waals surface area (Å²) in [4.78, 5) is 28.1. The summed E-state index contributed by atoms with van der Waals surface area (Å²) in [5, 5.41) is 6.84. The van der Waals surface area contributed by atoms with E-state index >= 15 is 0 Å². The average molecular weight is 507 g/mol. The maximum absolute atomic E-state index is 11.9. The van der Waals surface area contributed by atoms with Crippen molar-refractivity contribution in [2.75, 3.05) is 30.5 Å². The second kappa shape index (κ2) is 10.1. The quantitative estimate of drug-likeness (QED) is 0.483. The van der Waals surface area contributed by atoms with E-state index in [4.69, 9.17) is 31.0 Å². The molecule has 2 N–H and O–H groups in total. The van der Waals surface area contributed by atoms with Crippen LogP contribution in [0.3, 0.4) is 0 Å². The van der Waals surface area contributed by atoms with Crippen molar-refractivity contribution in [3.63, 3.8) is 0 Å². The molecule has 3 aromatic rings. The number of aryl methyl sites for hydroxylation is 1. The molecule has 186 valence electrons. The average Bonchev–Trinajstić information content (AvgIpc) is 2.89. The highest BCUT2D eigenvalue weighted by Gasteiger charge is 2.30. The van der Waals surface area contributed by atoms with E-state index in [-0.39, 0.29) is 18.0 Å². The van der Waals surface area contributed by atoms with Crippen molar-refractivity contribution in [2.24, 2.45) is 0 Å². The van der Waals surface area contributed by atoms with E-state index in [2.05, 4.69) is 28.3 Å². The van der Waals surface area contributed by atoms with Crippen molar-refractivity contribution in [1.82, 2.24) is 20.3 Å². The van der Waals surface area contributed by atoms with Crippen LogP contribution in [-0.4, -0.2) is 53.3 Å². The summed E-state index contributed by atoms with van der Waals surface area (Å²) in [6, 6.07) is 7.44. The Morgan fingerprint density at radius 1 is 1.31 bits per heavy atom. The highest BCUT2D eigenvalue weighted by atomic mass is 35.5. The second-order valence-electron chi connectivity index (χ2n) is 8.76. The van der Waals surface area contributed by atoms with Crippen LogP contribution in [0.2, 0.25) is 5.02 Å². The molecule has 1 amide bonds. The molecule has 5 rings (SSSR count). The Hall–Kier alpha value is -3.69. The molecular formula is C26H27ClN6O3. The van der Waals surface area contributed by atoms with Gasteiger partial charge in [0.2, 0.25) is 11.9 Å². The molecule has 0 saturated carbocycles. The van der Waals surface area contributed by atoms with Gasteiger partial charge in [-0.1, -0.05) is 24.2 Å². The Kier molecular flexibility index (Phi) is 6.75. The lowest BCUT2D eigenvalue weighted by atomic mass is 10.0. The topological polar surface area (TPSA) is 102 Å². The van der Waals surface area contributed by atoms with Crippen LogP contribution < -0.4 is 20.3 Å². The Bertz CT molecular complexity index is 1320. The van der Waals surface area contributed by atoms with Crippen molar-refractivity contribution < 1.29 is 14.3 Å². The molecule has 2 atom stereocenters. The van der Waals surface area contributed by atoms with E-state index < -0.39 is 0 Å². The predicted molar refractivity (Wildman–Crippen MR) is 139 cm³/mol. The van der Waals surface area contributed by atoms with Gasteiger partial charge in [0, 0.05) is 30.1 Å². The first-order valence-electron chi connectivity index (χ1n) is 11.7. The SMILES string of the molecule is C=CC(=O)NC1CCOCC1Nc1ncc2c(n1)-c1cc(C)cnc1N(c1cccc(OC)c1Cl)C2. The van der Waals surface area contributed by atoms with Gasteiger partial charge in [-0.25, -0.2) is 15.0 Å². The Morgan fingerprint density at radius 3 is 2.97 bits per heavy atom. The molecule has 1 saturated heterocycles. The zero-order valence-electron chi connectivity index (χ0n) is 20.1. The van der Waals surface area contributed by atoms with Gasteiger partial charge in [-0.2, -0.15) is 0 Å². The molecule has 9 nitrogen and oxygen atoms in total. The highest BCUT2D eigenvalue weighted by molar-refractivity contribution is 6.35. The molecule has 0 aliphatic carbocycles. The molecule has 0 bridgehead atoms. The van der Waals surface area contributed by atoms with Crippen LogP contribution in [0.1, 0.15) is 17.5 Å². The summed E-state index contributed by atoms with van der Waals surface area (Å²) in [5.41, 5.74) is 4.44. The van der Waals surface area contributed by atoms with E-state index in [0.29, 0.717) is 42.9 Å². The first-order chi connectivity index (χ1) is 17.5. The fourth-order valence-corrected chi connectivity index (χ4v) is 4.85. The third-order valence-electron chi connectivity index (χ3n) is 6.34. The minimum atomic E-state index is -0.216. The number of amides is 1. The Morgan fingerprint density at radius 2 is 2.17 bits per heavy atom. The lowest BCUT2D eigenvalue weighted by Crippen LogP contribution is -2.52. The van der Waals surface area contributed by atoms with Crippen molar-refractivity contribution in [2.45, 2.75) is 32.0 Å². The third-order valence-corrected chi connectivity index (χ3v) is 6.72. The number of rotatable bonds is 6. The first-order valence-corrected chi connectivity index (χ1v) is 12.1. The molecule has 2 unspecified atom stereocenters. The number of nitrogens with one attached hydrogen (secondary N) is 2. The maximum Gasteiger partial charge on any atom is 0.243 e. The monoisotopic (exact) mass is 506 g/mol. The molecule has 2 aliphatic heterocycles. The minimum Gasteiger partial charge on any atom is -0.495 e. The van der Waals surface area contributed by atoms with E-state index in [1.54, 1.807) is 7.11 Å². The van der Waals surface area contributed by atoms with E-state index in [9.17, 15) is 4.79 Å². The van der Waals surface area contributed by atoms with Gasteiger partial charge >= 0.3 is 0 Å². The maximum atomic E-state index is 11.9. The molecular weight excluding hydrogens is 480 g/mol. The van der Waals surface area contributed by atoms with Crippen LogP contribution in [0, 0.1) is 6.92 Å². The van der Waals surface area contributed by atoms with E-state index in [1.165, 1.54) is 6.08 Å². The van der Waals surface area contributed by atoms with Gasteiger partial charge in [0.1, 0.15) is 16.6 Å². The van der Waals surface area contributed by atoms with Crippen LogP contribution in [0.5, 0.6) is 5.75 Å². The number of carbonyl (C=O) groups excluding carboxylic acids is 1. The predicted octanol–water partition coefficient (Wildman–Crippen LogP) is 4.03. The second-order valence-corrected chi connectivity index (χ2v) is 9.14. The largest absolute Gasteiger partial charge is 0.495 e. The number of hydrogen-bond acceptors (Lipinski definition) is 8. The fourth-order valence-electron chi connectivity index (χ4n) is 4.55. The lowest BCUT2D eigenvalue weighted by Gasteiger charge is -2.34. The number of carbonyl (C=O) groups is 1. The summed E-state index contributed by atoms with van der Waals surface area (Å²) < 4.78 is 11.1.